The van der Waals surface area contributed by atoms with E-state index in [-0.39, 0.29) is 5.91 Å². The normalized spacial score (nSPS) is 16.8. The van der Waals surface area contributed by atoms with Gasteiger partial charge < -0.3 is 19.3 Å². The molecule has 26 heavy (non-hydrogen) atoms. The van der Waals surface area contributed by atoms with E-state index in [0.717, 1.165) is 47.7 Å². The van der Waals surface area contributed by atoms with E-state index in [1.165, 1.54) is 0 Å². The topological polar surface area (TPSA) is 42.0 Å². The number of nitrogens with zero attached hydrogens (tertiary/aromatic N) is 2. The Hall–Kier alpha value is -2.53. The number of carbonyl (C=O) groups excluding carboxylic acids is 1. The van der Waals surface area contributed by atoms with Crippen molar-refractivity contribution in [1.82, 2.24) is 9.80 Å². The molecule has 138 valence electrons. The fraction of sp³-hybridized carbons (Fsp3) is 0.381. The fourth-order valence-electron chi connectivity index (χ4n) is 3.31. The summed E-state index contributed by atoms with van der Waals surface area (Å²) in [5.74, 6) is 1.58. The third-order valence-corrected chi connectivity index (χ3v) is 5.00. The van der Waals surface area contributed by atoms with Gasteiger partial charge in [0.25, 0.3) is 5.91 Å². The number of ether oxygens (including phenoxy) is 2. The molecule has 0 radical (unpaired) electrons. The zero-order valence-corrected chi connectivity index (χ0v) is 15.9. The smallest absolute Gasteiger partial charge is 0.253 e. The summed E-state index contributed by atoms with van der Waals surface area (Å²) in [5, 5.41) is 0. The lowest BCUT2D eigenvalue weighted by molar-refractivity contribution is 0.0783. The van der Waals surface area contributed by atoms with Crippen LogP contribution in [-0.2, 0) is 0 Å². The molecule has 1 fully saturated rings. The second-order valence-electron chi connectivity index (χ2n) is 6.84. The highest BCUT2D eigenvalue weighted by Gasteiger charge is 2.27. The number of benzene rings is 2. The second-order valence-corrected chi connectivity index (χ2v) is 6.84. The number of amides is 1. The first-order valence-corrected chi connectivity index (χ1v) is 8.81. The van der Waals surface area contributed by atoms with Gasteiger partial charge in [0.05, 0.1) is 14.2 Å². The number of carbonyl (C=O) groups is 1. The van der Waals surface area contributed by atoms with Crippen LogP contribution in [0.15, 0.2) is 42.5 Å². The summed E-state index contributed by atoms with van der Waals surface area (Å²) in [5.41, 5.74) is 2.74. The van der Waals surface area contributed by atoms with Gasteiger partial charge in [0.2, 0.25) is 0 Å². The van der Waals surface area contributed by atoms with Crippen LogP contribution in [0.4, 0.5) is 0 Å². The molecule has 1 aliphatic heterocycles. The number of methoxy groups -OCH3 is 2. The van der Waals surface area contributed by atoms with Crippen LogP contribution in [0.2, 0.25) is 0 Å². The summed E-state index contributed by atoms with van der Waals surface area (Å²) in [6.45, 7) is 1.61. The maximum Gasteiger partial charge on any atom is 0.253 e. The van der Waals surface area contributed by atoms with Crippen LogP contribution < -0.4 is 9.47 Å². The molecule has 5 heteroatoms. The van der Waals surface area contributed by atoms with Gasteiger partial charge in [-0.25, -0.2) is 0 Å². The van der Waals surface area contributed by atoms with Crippen LogP contribution in [-0.4, -0.2) is 63.2 Å². The van der Waals surface area contributed by atoms with Crippen molar-refractivity contribution in [3.63, 3.8) is 0 Å². The van der Waals surface area contributed by atoms with E-state index in [0.29, 0.717) is 6.04 Å². The van der Waals surface area contributed by atoms with Gasteiger partial charge in [-0.1, -0.05) is 12.1 Å². The van der Waals surface area contributed by atoms with Crippen molar-refractivity contribution in [1.29, 1.82) is 0 Å². The maximum atomic E-state index is 12.7. The third-order valence-electron chi connectivity index (χ3n) is 5.00. The minimum atomic E-state index is 0.101. The van der Waals surface area contributed by atoms with Crippen LogP contribution in [0, 0.1) is 0 Å². The van der Waals surface area contributed by atoms with Gasteiger partial charge >= 0.3 is 0 Å². The highest BCUT2D eigenvalue weighted by Crippen LogP contribution is 2.30. The lowest BCUT2D eigenvalue weighted by atomic mass is 10.0. The van der Waals surface area contributed by atoms with E-state index in [4.69, 9.17) is 9.47 Å². The van der Waals surface area contributed by atoms with Gasteiger partial charge in [-0.05, 0) is 55.9 Å². The van der Waals surface area contributed by atoms with E-state index in [2.05, 4.69) is 19.0 Å². The quantitative estimate of drug-likeness (QED) is 0.827. The number of likely N-dealkylation sites (N-methyl/N-ethyl adjacent to an activating group) is 1. The Balaban J connectivity index is 1.78. The summed E-state index contributed by atoms with van der Waals surface area (Å²) < 4.78 is 10.7. The molecule has 1 unspecified atom stereocenters. The summed E-state index contributed by atoms with van der Waals surface area (Å²) in [4.78, 5) is 16.9. The van der Waals surface area contributed by atoms with Crippen molar-refractivity contribution in [2.45, 2.75) is 12.5 Å². The predicted octanol–water partition coefficient (Wildman–Crippen LogP) is 3.15. The molecule has 0 bridgehead atoms. The van der Waals surface area contributed by atoms with Gasteiger partial charge in [0.1, 0.15) is 11.5 Å². The molecule has 0 N–H and O–H groups in total. The standard InChI is InChI=1S/C21H26N2O3/c1-22(2)18-9-10-23(14-18)21(24)16-7-5-15(6-8-16)17-11-19(25-3)13-20(12-17)26-4/h5-8,11-13,18H,9-10,14H2,1-4H3. The van der Waals surface area contributed by atoms with Gasteiger partial charge in [-0.15, -0.1) is 0 Å². The minimum absolute atomic E-state index is 0.101. The van der Waals surface area contributed by atoms with E-state index in [1.54, 1.807) is 14.2 Å². The molecule has 1 heterocycles. The Morgan fingerprint density at radius 3 is 2.12 bits per heavy atom. The van der Waals surface area contributed by atoms with Gasteiger partial charge in [-0.3, -0.25) is 4.79 Å². The summed E-state index contributed by atoms with van der Waals surface area (Å²) in [6.07, 6.45) is 1.03. The molecule has 1 amide bonds. The molecule has 3 rings (SSSR count). The monoisotopic (exact) mass is 354 g/mol. The molecular weight excluding hydrogens is 328 g/mol. The Kier molecular flexibility index (Phi) is 5.47. The third kappa shape index (κ3) is 3.83. The highest BCUT2D eigenvalue weighted by atomic mass is 16.5. The molecule has 1 atom stereocenters. The predicted molar refractivity (Wildman–Crippen MR) is 103 cm³/mol. The fourth-order valence-corrected chi connectivity index (χ4v) is 3.31. The van der Waals surface area contributed by atoms with Crippen LogP contribution >= 0.6 is 0 Å². The van der Waals surface area contributed by atoms with Crippen LogP contribution in [0.25, 0.3) is 11.1 Å². The zero-order valence-electron chi connectivity index (χ0n) is 15.9. The Labute approximate surface area is 155 Å². The van der Waals surface area contributed by atoms with Crippen molar-refractivity contribution in [3.05, 3.63) is 48.0 Å². The number of likely N-dealkylation sites (tertiary alicyclic amines) is 1. The summed E-state index contributed by atoms with van der Waals surface area (Å²) >= 11 is 0. The first kappa shape index (κ1) is 18.3. The van der Waals surface area contributed by atoms with Crippen molar-refractivity contribution in [2.75, 3.05) is 41.4 Å². The first-order valence-electron chi connectivity index (χ1n) is 8.81. The number of hydrogen-bond acceptors (Lipinski definition) is 4. The van der Waals surface area contributed by atoms with Gasteiger partial charge in [0.15, 0.2) is 0 Å². The lowest BCUT2D eigenvalue weighted by Crippen LogP contribution is -2.34. The molecular formula is C21H26N2O3. The van der Waals surface area contributed by atoms with Crippen molar-refractivity contribution >= 4 is 5.91 Å². The molecule has 0 spiro atoms. The molecule has 1 saturated heterocycles. The second kappa shape index (κ2) is 7.79. The minimum Gasteiger partial charge on any atom is -0.497 e. The average Bonchev–Trinajstić information content (AvgIpc) is 3.17. The van der Waals surface area contributed by atoms with Crippen LogP contribution in [0.3, 0.4) is 0 Å². The first-order chi connectivity index (χ1) is 12.5. The van der Waals surface area contributed by atoms with E-state index < -0.39 is 0 Å². The van der Waals surface area contributed by atoms with E-state index in [1.807, 2.05) is 47.4 Å². The molecule has 0 aliphatic carbocycles. The van der Waals surface area contributed by atoms with Gasteiger partial charge in [0, 0.05) is 30.8 Å². The van der Waals surface area contributed by atoms with Crippen molar-refractivity contribution in [2.24, 2.45) is 0 Å². The molecule has 2 aromatic carbocycles. The number of hydrogen-bond donors (Lipinski definition) is 0. The molecule has 5 nitrogen and oxygen atoms in total. The average molecular weight is 354 g/mol. The maximum absolute atomic E-state index is 12.7. The molecule has 0 saturated carbocycles. The number of rotatable bonds is 5. The SMILES string of the molecule is COc1cc(OC)cc(-c2ccc(C(=O)N3CCC(N(C)C)C3)cc2)c1. The molecule has 1 aliphatic rings. The summed E-state index contributed by atoms with van der Waals surface area (Å²) in [6, 6.07) is 13.9. The van der Waals surface area contributed by atoms with E-state index in [9.17, 15) is 4.79 Å². The Morgan fingerprint density at radius 2 is 1.62 bits per heavy atom. The van der Waals surface area contributed by atoms with Crippen LogP contribution in [0.1, 0.15) is 16.8 Å². The molecule has 2 aromatic rings. The summed E-state index contributed by atoms with van der Waals surface area (Å²) in [7, 11) is 7.40. The van der Waals surface area contributed by atoms with Crippen molar-refractivity contribution < 1.29 is 14.3 Å². The highest BCUT2D eigenvalue weighted by molar-refractivity contribution is 5.95. The lowest BCUT2D eigenvalue weighted by Gasteiger charge is -2.20. The van der Waals surface area contributed by atoms with Gasteiger partial charge in [-0.2, -0.15) is 0 Å². The van der Waals surface area contributed by atoms with E-state index >= 15 is 0 Å². The van der Waals surface area contributed by atoms with Crippen LogP contribution in [0.5, 0.6) is 11.5 Å². The largest absolute Gasteiger partial charge is 0.497 e. The molecule has 0 aromatic heterocycles. The zero-order chi connectivity index (χ0) is 18.7. The Morgan fingerprint density at radius 1 is 1.00 bits per heavy atom. The Bertz CT molecular complexity index is 749. The van der Waals surface area contributed by atoms with Crippen molar-refractivity contribution in [3.8, 4) is 22.6 Å².